The molecule has 0 spiro atoms. The summed E-state index contributed by atoms with van der Waals surface area (Å²) in [5.41, 5.74) is 1.34. The van der Waals surface area contributed by atoms with Crippen LogP contribution in [0.15, 0.2) is 12.4 Å². The van der Waals surface area contributed by atoms with Gasteiger partial charge in [-0.15, -0.1) is 0 Å². The van der Waals surface area contributed by atoms with Gasteiger partial charge in [0, 0.05) is 37.4 Å². The lowest BCUT2D eigenvalue weighted by molar-refractivity contribution is 0.240. The van der Waals surface area contributed by atoms with Gasteiger partial charge in [0.05, 0.1) is 6.20 Å². The van der Waals surface area contributed by atoms with Crippen molar-refractivity contribution in [3.63, 3.8) is 0 Å². The largest absolute Gasteiger partial charge is 0.315 e. The van der Waals surface area contributed by atoms with Crippen LogP contribution in [0.5, 0.6) is 0 Å². The number of likely N-dealkylation sites (N-methyl/N-ethyl adjacent to an activating group) is 1. The van der Waals surface area contributed by atoms with E-state index in [1.807, 2.05) is 10.9 Å². The first-order valence-electron chi connectivity index (χ1n) is 6.79. The normalized spacial score (nSPS) is 21.2. The van der Waals surface area contributed by atoms with E-state index in [2.05, 4.69) is 35.4 Å². The van der Waals surface area contributed by atoms with E-state index in [1.165, 1.54) is 24.9 Å². The van der Waals surface area contributed by atoms with E-state index in [9.17, 15) is 0 Å². The Morgan fingerprint density at radius 3 is 3.06 bits per heavy atom. The Hall–Kier alpha value is -0.870. The Balaban J connectivity index is 1.88. The van der Waals surface area contributed by atoms with Crippen molar-refractivity contribution in [1.29, 1.82) is 0 Å². The first kappa shape index (κ1) is 12.6. The number of rotatable bonds is 6. The van der Waals surface area contributed by atoms with Gasteiger partial charge in [0.2, 0.25) is 0 Å². The predicted molar refractivity (Wildman–Crippen MR) is 69.9 cm³/mol. The quantitative estimate of drug-likeness (QED) is 0.812. The van der Waals surface area contributed by atoms with Crippen LogP contribution in [0.25, 0.3) is 0 Å². The van der Waals surface area contributed by atoms with Crippen molar-refractivity contribution >= 4 is 0 Å². The maximum Gasteiger partial charge on any atom is 0.0534 e. The van der Waals surface area contributed by atoms with Gasteiger partial charge in [-0.2, -0.15) is 5.10 Å². The molecule has 1 atom stereocenters. The highest BCUT2D eigenvalue weighted by molar-refractivity contribution is 5.04. The van der Waals surface area contributed by atoms with E-state index < -0.39 is 0 Å². The van der Waals surface area contributed by atoms with Crippen LogP contribution in [-0.4, -0.2) is 40.4 Å². The van der Waals surface area contributed by atoms with Crippen LogP contribution < -0.4 is 5.32 Å². The van der Waals surface area contributed by atoms with Crippen molar-refractivity contribution in [1.82, 2.24) is 20.0 Å². The Morgan fingerprint density at radius 1 is 1.47 bits per heavy atom. The van der Waals surface area contributed by atoms with Gasteiger partial charge in [0.25, 0.3) is 0 Å². The molecule has 96 valence electrons. The number of nitrogens with one attached hydrogen (secondary N) is 1. The van der Waals surface area contributed by atoms with Crippen LogP contribution in [0.4, 0.5) is 0 Å². The van der Waals surface area contributed by atoms with E-state index in [0.29, 0.717) is 6.04 Å². The molecule has 17 heavy (non-hydrogen) atoms. The number of aromatic nitrogens is 2. The van der Waals surface area contributed by atoms with E-state index >= 15 is 0 Å². The zero-order valence-corrected chi connectivity index (χ0v) is 11.0. The summed E-state index contributed by atoms with van der Waals surface area (Å²) >= 11 is 0. The minimum absolute atomic E-state index is 0.708. The Morgan fingerprint density at radius 2 is 2.35 bits per heavy atom. The lowest BCUT2D eigenvalue weighted by Gasteiger charge is -2.23. The van der Waals surface area contributed by atoms with Crippen molar-refractivity contribution in [2.45, 2.75) is 45.8 Å². The molecule has 1 aliphatic rings. The maximum atomic E-state index is 4.34. The fourth-order valence-electron chi connectivity index (χ4n) is 2.54. The van der Waals surface area contributed by atoms with Crippen LogP contribution in [-0.2, 0) is 13.1 Å². The monoisotopic (exact) mass is 236 g/mol. The molecule has 0 aromatic carbocycles. The van der Waals surface area contributed by atoms with Crippen molar-refractivity contribution < 1.29 is 0 Å². The molecule has 2 heterocycles. The summed E-state index contributed by atoms with van der Waals surface area (Å²) in [7, 11) is 0. The minimum Gasteiger partial charge on any atom is -0.315 e. The maximum absolute atomic E-state index is 4.34. The van der Waals surface area contributed by atoms with Gasteiger partial charge in [-0.05, 0) is 32.9 Å². The molecular weight excluding hydrogens is 212 g/mol. The smallest absolute Gasteiger partial charge is 0.0534 e. The van der Waals surface area contributed by atoms with Crippen LogP contribution in [0, 0.1) is 0 Å². The molecule has 4 heteroatoms. The third-order valence-corrected chi connectivity index (χ3v) is 3.53. The topological polar surface area (TPSA) is 33.1 Å². The summed E-state index contributed by atoms with van der Waals surface area (Å²) in [5.74, 6) is 0. The van der Waals surface area contributed by atoms with E-state index in [-0.39, 0.29) is 0 Å². The molecule has 0 aliphatic carbocycles. The van der Waals surface area contributed by atoms with Gasteiger partial charge in [0.15, 0.2) is 0 Å². The second-order valence-electron chi connectivity index (χ2n) is 4.78. The fourth-order valence-corrected chi connectivity index (χ4v) is 2.54. The van der Waals surface area contributed by atoms with Gasteiger partial charge < -0.3 is 5.32 Å². The molecular formula is C13H24N4. The molecule has 4 nitrogen and oxygen atoms in total. The molecule has 1 N–H and O–H groups in total. The Kier molecular flexibility index (Phi) is 4.57. The molecule has 1 fully saturated rings. The molecule has 0 saturated carbocycles. The SMILES string of the molecule is CCNCC1CCCN1Cc1cnn(CC)c1. The Labute approximate surface area is 104 Å². The van der Waals surface area contributed by atoms with E-state index in [4.69, 9.17) is 0 Å². The number of nitrogens with zero attached hydrogens (tertiary/aromatic N) is 3. The van der Waals surface area contributed by atoms with Gasteiger partial charge in [0.1, 0.15) is 0 Å². The molecule has 2 rings (SSSR count). The van der Waals surface area contributed by atoms with Crippen LogP contribution in [0.3, 0.4) is 0 Å². The molecule has 1 aliphatic heterocycles. The van der Waals surface area contributed by atoms with Gasteiger partial charge in [-0.25, -0.2) is 0 Å². The summed E-state index contributed by atoms with van der Waals surface area (Å²) in [6, 6.07) is 0.708. The highest BCUT2D eigenvalue weighted by Crippen LogP contribution is 2.19. The summed E-state index contributed by atoms with van der Waals surface area (Å²) in [5, 5.41) is 7.80. The second-order valence-corrected chi connectivity index (χ2v) is 4.78. The molecule has 0 bridgehead atoms. The third-order valence-electron chi connectivity index (χ3n) is 3.53. The van der Waals surface area contributed by atoms with Crippen molar-refractivity contribution in [2.75, 3.05) is 19.6 Å². The van der Waals surface area contributed by atoms with Gasteiger partial charge in [-0.3, -0.25) is 9.58 Å². The van der Waals surface area contributed by atoms with Crippen molar-refractivity contribution in [3.05, 3.63) is 18.0 Å². The predicted octanol–water partition coefficient (Wildman–Crippen LogP) is 1.48. The van der Waals surface area contributed by atoms with Gasteiger partial charge >= 0.3 is 0 Å². The number of likely N-dealkylation sites (tertiary alicyclic amines) is 1. The first-order valence-corrected chi connectivity index (χ1v) is 6.79. The van der Waals surface area contributed by atoms with Crippen molar-refractivity contribution in [2.24, 2.45) is 0 Å². The highest BCUT2D eigenvalue weighted by atomic mass is 15.3. The number of aryl methyl sites for hydroxylation is 1. The lowest BCUT2D eigenvalue weighted by Crippen LogP contribution is -2.37. The molecule has 0 radical (unpaired) electrons. The second kappa shape index (κ2) is 6.17. The molecule has 1 unspecified atom stereocenters. The molecule has 1 saturated heterocycles. The Bertz CT molecular complexity index is 334. The first-order chi connectivity index (χ1) is 8.33. The van der Waals surface area contributed by atoms with Crippen LogP contribution in [0.2, 0.25) is 0 Å². The molecule has 1 aromatic rings. The summed E-state index contributed by atoms with van der Waals surface area (Å²) in [4.78, 5) is 2.58. The summed E-state index contributed by atoms with van der Waals surface area (Å²) in [6.07, 6.45) is 6.83. The van der Waals surface area contributed by atoms with Gasteiger partial charge in [-0.1, -0.05) is 6.92 Å². The third kappa shape index (κ3) is 3.30. The van der Waals surface area contributed by atoms with E-state index in [1.54, 1.807) is 0 Å². The zero-order valence-electron chi connectivity index (χ0n) is 11.0. The lowest BCUT2D eigenvalue weighted by atomic mass is 10.2. The van der Waals surface area contributed by atoms with Crippen LogP contribution in [0.1, 0.15) is 32.3 Å². The van der Waals surface area contributed by atoms with E-state index in [0.717, 1.165) is 26.2 Å². The number of hydrogen-bond donors (Lipinski definition) is 1. The average Bonchev–Trinajstić information content (AvgIpc) is 2.96. The van der Waals surface area contributed by atoms with Crippen molar-refractivity contribution in [3.8, 4) is 0 Å². The zero-order chi connectivity index (χ0) is 12.1. The van der Waals surface area contributed by atoms with Crippen LogP contribution >= 0.6 is 0 Å². The molecule has 1 aromatic heterocycles. The summed E-state index contributed by atoms with van der Waals surface area (Å²) < 4.78 is 2.00. The highest BCUT2D eigenvalue weighted by Gasteiger charge is 2.24. The minimum atomic E-state index is 0.708. The summed E-state index contributed by atoms with van der Waals surface area (Å²) in [6.45, 7) is 9.73. The fraction of sp³-hybridized carbons (Fsp3) is 0.769. The average molecular weight is 236 g/mol. The standard InChI is InChI=1S/C13H24N4/c1-3-14-9-13-6-5-7-16(13)10-12-8-15-17(4-2)11-12/h8,11,13-14H,3-7,9-10H2,1-2H3. The molecule has 0 amide bonds. The number of hydrogen-bond acceptors (Lipinski definition) is 3.